The molecule has 136 valence electrons. The molecule has 0 radical (unpaired) electrons. The van der Waals surface area contributed by atoms with Crippen LogP contribution in [0.15, 0.2) is 0 Å². The SMILES string of the molecule is CC(=O)N1C[C@@H]2CN(C(=O)NC3CCCCC3)CCN2C(C)(C)C1. The van der Waals surface area contributed by atoms with E-state index in [-0.39, 0.29) is 23.5 Å². The summed E-state index contributed by atoms with van der Waals surface area (Å²) in [7, 11) is 0. The molecule has 3 amide bonds. The molecular weight excluding hydrogens is 304 g/mol. The Kier molecular flexibility index (Phi) is 5.04. The Balaban J connectivity index is 1.61. The molecule has 3 aliphatic rings. The first-order chi connectivity index (χ1) is 11.4. The molecule has 0 aromatic rings. The van der Waals surface area contributed by atoms with Crippen molar-refractivity contribution in [3.63, 3.8) is 0 Å². The molecule has 2 saturated heterocycles. The van der Waals surface area contributed by atoms with Crippen molar-refractivity contribution in [2.75, 3.05) is 32.7 Å². The average Bonchev–Trinajstić information content (AvgIpc) is 2.54. The van der Waals surface area contributed by atoms with Gasteiger partial charge >= 0.3 is 6.03 Å². The standard InChI is InChI=1S/C18H32N4O2/c1-14(23)21-12-16-11-20(9-10-22(16)18(2,3)13-21)17(24)19-15-7-5-4-6-8-15/h15-16H,4-13H2,1-3H3,(H,19,24)/t16-/m0/s1. The molecule has 3 rings (SSSR count). The summed E-state index contributed by atoms with van der Waals surface area (Å²) in [5.74, 6) is 0.131. The fourth-order valence-electron chi connectivity index (χ4n) is 4.62. The number of amides is 3. The lowest BCUT2D eigenvalue weighted by Crippen LogP contribution is -2.71. The summed E-state index contributed by atoms with van der Waals surface area (Å²) in [6.07, 6.45) is 5.97. The fraction of sp³-hybridized carbons (Fsp3) is 0.889. The van der Waals surface area contributed by atoms with E-state index in [9.17, 15) is 9.59 Å². The van der Waals surface area contributed by atoms with E-state index < -0.39 is 0 Å². The van der Waals surface area contributed by atoms with Gasteiger partial charge in [-0.25, -0.2) is 4.79 Å². The number of nitrogens with zero attached hydrogens (tertiary/aromatic N) is 3. The highest BCUT2D eigenvalue weighted by Crippen LogP contribution is 2.28. The van der Waals surface area contributed by atoms with Crippen molar-refractivity contribution in [2.24, 2.45) is 0 Å². The third kappa shape index (κ3) is 3.68. The smallest absolute Gasteiger partial charge is 0.317 e. The van der Waals surface area contributed by atoms with Crippen LogP contribution in [0.2, 0.25) is 0 Å². The zero-order valence-electron chi connectivity index (χ0n) is 15.4. The van der Waals surface area contributed by atoms with Crippen LogP contribution in [-0.4, -0.2) is 77.0 Å². The van der Waals surface area contributed by atoms with E-state index in [4.69, 9.17) is 0 Å². The predicted molar refractivity (Wildman–Crippen MR) is 93.8 cm³/mol. The lowest BCUT2D eigenvalue weighted by molar-refractivity contribution is -0.138. The van der Waals surface area contributed by atoms with Crippen LogP contribution in [0.25, 0.3) is 0 Å². The summed E-state index contributed by atoms with van der Waals surface area (Å²) in [5.41, 5.74) is -0.0273. The fourth-order valence-corrected chi connectivity index (χ4v) is 4.62. The van der Waals surface area contributed by atoms with Crippen molar-refractivity contribution in [1.29, 1.82) is 0 Å². The molecule has 6 heteroatoms. The van der Waals surface area contributed by atoms with Gasteiger partial charge in [0.05, 0.1) is 0 Å². The molecule has 24 heavy (non-hydrogen) atoms. The molecule has 1 aliphatic carbocycles. The van der Waals surface area contributed by atoms with Gasteiger partial charge in [0.25, 0.3) is 0 Å². The number of nitrogens with one attached hydrogen (secondary N) is 1. The van der Waals surface area contributed by atoms with E-state index in [0.717, 1.165) is 39.0 Å². The summed E-state index contributed by atoms with van der Waals surface area (Å²) in [5, 5.41) is 3.23. The van der Waals surface area contributed by atoms with Gasteiger partial charge in [-0.2, -0.15) is 0 Å². The Hall–Kier alpha value is -1.30. The Morgan fingerprint density at radius 1 is 1.00 bits per heavy atom. The third-order valence-corrected chi connectivity index (χ3v) is 5.93. The number of urea groups is 1. The second kappa shape index (κ2) is 6.90. The number of rotatable bonds is 1. The number of carbonyl (C=O) groups excluding carboxylic acids is 2. The molecule has 3 fully saturated rings. The maximum Gasteiger partial charge on any atom is 0.317 e. The van der Waals surface area contributed by atoms with E-state index >= 15 is 0 Å². The topological polar surface area (TPSA) is 55.9 Å². The second-order valence-corrected chi connectivity index (χ2v) is 8.29. The minimum absolute atomic E-state index is 0.0273. The van der Waals surface area contributed by atoms with Gasteiger partial charge in [-0.3, -0.25) is 9.69 Å². The first-order valence-electron chi connectivity index (χ1n) is 9.44. The normalized spacial score (nSPS) is 28.4. The highest BCUT2D eigenvalue weighted by Gasteiger charge is 2.44. The maximum atomic E-state index is 12.6. The molecule has 2 heterocycles. The second-order valence-electron chi connectivity index (χ2n) is 8.29. The molecule has 1 atom stereocenters. The quantitative estimate of drug-likeness (QED) is 0.792. The monoisotopic (exact) mass is 336 g/mol. The third-order valence-electron chi connectivity index (χ3n) is 5.93. The zero-order valence-corrected chi connectivity index (χ0v) is 15.4. The molecule has 0 bridgehead atoms. The van der Waals surface area contributed by atoms with Gasteiger partial charge < -0.3 is 15.1 Å². The van der Waals surface area contributed by atoms with E-state index in [1.54, 1.807) is 6.92 Å². The highest BCUT2D eigenvalue weighted by molar-refractivity contribution is 5.75. The summed E-state index contributed by atoms with van der Waals surface area (Å²) in [6.45, 7) is 9.92. The van der Waals surface area contributed by atoms with Crippen LogP contribution in [0.4, 0.5) is 4.79 Å². The molecule has 1 saturated carbocycles. The van der Waals surface area contributed by atoms with E-state index in [2.05, 4.69) is 24.1 Å². The van der Waals surface area contributed by atoms with Gasteiger partial charge in [0.2, 0.25) is 5.91 Å². The minimum atomic E-state index is -0.0273. The number of fused-ring (bicyclic) bond motifs is 1. The molecule has 0 unspecified atom stereocenters. The lowest BCUT2D eigenvalue weighted by Gasteiger charge is -2.55. The van der Waals surface area contributed by atoms with Crippen molar-refractivity contribution in [2.45, 2.75) is 70.5 Å². The largest absolute Gasteiger partial charge is 0.339 e. The van der Waals surface area contributed by atoms with Crippen molar-refractivity contribution in [1.82, 2.24) is 20.0 Å². The van der Waals surface area contributed by atoms with Gasteiger partial charge in [-0.15, -0.1) is 0 Å². The number of hydrogen-bond acceptors (Lipinski definition) is 3. The molecule has 0 aromatic carbocycles. The van der Waals surface area contributed by atoms with E-state index in [1.165, 1.54) is 19.3 Å². The number of carbonyl (C=O) groups is 2. The predicted octanol–water partition coefficient (Wildman–Crippen LogP) is 1.66. The van der Waals surface area contributed by atoms with E-state index in [1.807, 2.05) is 9.80 Å². The Bertz CT molecular complexity index is 487. The molecule has 0 spiro atoms. The maximum absolute atomic E-state index is 12.6. The van der Waals surface area contributed by atoms with Crippen molar-refractivity contribution < 1.29 is 9.59 Å². The molecule has 0 aromatic heterocycles. The molecule has 6 nitrogen and oxygen atoms in total. The molecule has 2 aliphatic heterocycles. The van der Waals surface area contributed by atoms with Crippen molar-refractivity contribution in [3.05, 3.63) is 0 Å². The van der Waals surface area contributed by atoms with Crippen LogP contribution >= 0.6 is 0 Å². The van der Waals surface area contributed by atoms with Crippen LogP contribution in [-0.2, 0) is 4.79 Å². The van der Waals surface area contributed by atoms with Crippen LogP contribution in [0.5, 0.6) is 0 Å². The Labute approximate surface area is 145 Å². The minimum Gasteiger partial charge on any atom is -0.339 e. The van der Waals surface area contributed by atoms with Gasteiger partial charge in [-0.05, 0) is 26.7 Å². The molecule has 1 N–H and O–H groups in total. The molecular formula is C18H32N4O2. The van der Waals surface area contributed by atoms with Crippen molar-refractivity contribution in [3.8, 4) is 0 Å². The van der Waals surface area contributed by atoms with Gasteiger partial charge in [0, 0.05) is 57.3 Å². The van der Waals surface area contributed by atoms with Crippen LogP contribution < -0.4 is 5.32 Å². The first-order valence-corrected chi connectivity index (χ1v) is 9.44. The summed E-state index contributed by atoms with van der Waals surface area (Å²) in [6, 6.07) is 0.670. The zero-order chi connectivity index (χ0) is 17.3. The Morgan fingerprint density at radius 2 is 1.67 bits per heavy atom. The summed E-state index contributed by atoms with van der Waals surface area (Å²) < 4.78 is 0. The van der Waals surface area contributed by atoms with Crippen LogP contribution in [0.1, 0.15) is 52.9 Å². The summed E-state index contributed by atoms with van der Waals surface area (Å²) >= 11 is 0. The van der Waals surface area contributed by atoms with Crippen LogP contribution in [0.3, 0.4) is 0 Å². The average molecular weight is 336 g/mol. The lowest BCUT2D eigenvalue weighted by atomic mass is 9.92. The van der Waals surface area contributed by atoms with Gasteiger partial charge in [0.15, 0.2) is 0 Å². The Morgan fingerprint density at radius 3 is 2.33 bits per heavy atom. The first kappa shape index (κ1) is 17.5. The van der Waals surface area contributed by atoms with Crippen LogP contribution in [0, 0.1) is 0 Å². The van der Waals surface area contributed by atoms with E-state index in [0.29, 0.717) is 12.6 Å². The number of piperazine rings is 2. The number of hydrogen-bond donors (Lipinski definition) is 1. The van der Waals surface area contributed by atoms with Gasteiger partial charge in [0.1, 0.15) is 0 Å². The summed E-state index contributed by atoms with van der Waals surface area (Å²) in [4.78, 5) is 30.9. The highest BCUT2D eigenvalue weighted by atomic mass is 16.2. The van der Waals surface area contributed by atoms with Crippen molar-refractivity contribution >= 4 is 11.9 Å². The van der Waals surface area contributed by atoms with Gasteiger partial charge in [-0.1, -0.05) is 19.3 Å².